The van der Waals surface area contributed by atoms with Crippen molar-refractivity contribution < 1.29 is 9.84 Å². The molecule has 0 aromatic carbocycles. The highest BCUT2D eigenvalue weighted by Crippen LogP contribution is 2.41. The van der Waals surface area contributed by atoms with Crippen LogP contribution in [0.1, 0.15) is 38.5 Å². The molecule has 0 aromatic heterocycles. The normalized spacial score (nSPS) is 31.8. The molecule has 3 nitrogen and oxygen atoms in total. The number of nitrogens with two attached hydrogens (primary N) is 1. The van der Waals surface area contributed by atoms with Crippen LogP contribution >= 0.6 is 0 Å². The highest BCUT2D eigenvalue weighted by molar-refractivity contribution is 5.06. The summed E-state index contributed by atoms with van der Waals surface area (Å²) in [7, 11) is 0. The SMILES string of the molecule is NC1(C2(O)CCOCC2)CCCC1. The second kappa shape index (κ2) is 3.23. The molecule has 3 heteroatoms. The lowest BCUT2D eigenvalue weighted by atomic mass is 9.74. The van der Waals surface area contributed by atoms with Crippen LogP contribution in [0.3, 0.4) is 0 Å². The summed E-state index contributed by atoms with van der Waals surface area (Å²) in [6.45, 7) is 1.32. The molecule has 2 fully saturated rings. The molecule has 2 aliphatic rings. The molecule has 76 valence electrons. The first-order chi connectivity index (χ1) is 6.16. The average molecular weight is 185 g/mol. The topological polar surface area (TPSA) is 55.5 Å². The smallest absolute Gasteiger partial charge is 0.0870 e. The van der Waals surface area contributed by atoms with E-state index in [-0.39, 0.29) is 5.54 Å². The van der Waals surface area contributed by atoms with Gasteiger partial charge >= 0.3 is 0 Å². The fourth-order valence-electron chi connectivity index (χ4n) is 2.68. The van der Waals surface area contributed by atoms with Gasteiger partial charge in [0.05, 0.1) is 5.60 Å². The largest absolute Gasteiger partial charge is 0.388 e. The van der Waals surface area contributed by atoms with E-state index in [0.29, 0.717) is 26.1 Å². The van der Waals surface area contributed by atoms with Gasteiger partial charge in [0.2, 0.25) is 0 Å². The van der Waals surface area contributed by atoms with E-state index in [1.54, 1.807) is 0 Å². The van der Waals surface area contributed by atoms with Gasteiger partial charge in [0.25, 0.3) is 0 Å². The molecule has 0 aromatic rings. The molecule has 0 bridgehead atoms. The van der Waals surface area contributed by atoms with Crippen molar-refractivity contribution in [3.63, 3.8) is 0 Å². The van der Waals surface area contributed by atoms with E-state index in [1.165, 1.54) is 12.8 Å². The van der Waals surface area contributed by atoms with Crippen LogP contribution in [0, 0.1) is 0 Å². The Morgan fingerprint density at radius 3 is 2.08 bits per heavy atom. The average Bonchev–Trinajstić information content (AvgIpc) is 2.55. The summed E-state index contributed by atoms with van der Waals surface area (Å²) in [6.07, 6.45) is 5.71. The molecule has 0 atom stereocenters. The van der Waals surface area contributed by atoms with E-state index in [2.05, 4.69) is 0 Å². The number of hydrogen-bond acceptors (Lipinski definition) is 3. The first kappa shape index (κ1) is 9.44. The third-order valence-electron chi connectivity index (χ3n) is 3.74. The van der Waals surface area contributed by atoms with Gasteiger partial charge in [-0.2, -0.15) is 0 Å². The predicted octanol–water partition coefficient (Wildman–Crippen LogP) is 0.799. The third kappa shape index (κ3) is 1.49. The lowest BCUT2D eigenvalue weighted by Gasteiger charge is -2.44. The molecule has 13 heavy (non-hydrogen) atoms. The van der Waals surface area contributed by atoms with Gasteiger partial charge in [-0.1, -0.05) is 12.8 Å². The van der Waals surface area contributed by atoms with E-state index in [1.807, 2.05) is 0 Å². The molecular weight excluding hydrogens is 166 g/mol. The van der Waals surface area contributed by atoms with Crippen LogP contribution in [0.4, 0.5) is 0 Å². The van der Waals surface area contributed by atoms with Crippen molar-refractivity contribution in [2.45, 2.75) is 49.7 Å². The fourth-order valence-corrected chi connectivity index (χ4v) is 2.68. The first-order valence-electron chi connectivity index (χ1n) is 5.25. The van der Waals surface area contributed by atoms with E-state index in [9.17, 15) is 5.11 Å². The number of hydrogen-bond donors (Lipinski definition) is 2. The Morgan fingerprint density at radius 2 is 1.54 bits per heavy atom. The van der Waals surface area contributed by atoms with E-state index < -0.39 is 5.60 Å². The van der Waals surface area contributed by atoms with Crippen LogP contribution in [0.2, 0.25) is 0 Å². The van der Waals surface area contributed by atoms with Gasteiger partial charge in [-0.25, -0.2) is 0 Å². The fraction of sp³-hybridized carbons (Fsp3) is 1.00. The molecule has 2 rings (SSSR count). The Balaban J connectivity index is 2.11. The molecule has 1 aliphatic carbocycles. The second-order valence-electron chi connectivity index (χ2n) is 4.51. The molecule has 1 aliphatic heterocycles. The zero-order chi connectivity index (χ0) is 9.36. The molecule has 0 spiro atoms. The lowest BCUT2D eigenvalue weighted by Crippen LogP contribution is -2.61. The third-order valence-corrected chi connectivity index (χ3v) is 3.74. The molecule has 1 saturated heterocycles. The van der Waals surface area contributed by atoms with Crippen molar-refractivity contribution in [3.05, 3.63) is 0 Å². The Morgan fingerprint density at radius 1 is 1.00 bits per heavy atom. The van der Waals surface area contributed by atoms with Crippen molar-refractivity contribution >= 4 is 0 Å². The van der Waals surface area contributed by atoms with Gasteiger partial charge in [-0.05, 0) is 12.8 Å². The minimum Gasteiger partial charge on any atom is -0.388 e. The minimum absolute atomic E-state index is 0.323. The molecule has 3 N–H and O–H groups in total. The summed E-state index contributed by atoms with van der Waals surface area (Å²) in [5.74, 6) is 0. The molecule has 1 heterocycles. The van der Waals surface area contributed by atoms with E-state index >= 15 is 0 Å². The van der Waals surface area contributed by atoms with Crippen molar-refractivity contribution in [1.29, 1.82) is 0 Å². The van der Waals surface area contributed by atoms with Gasteiger partial charge < -0.3 is 15.6 Å². The van der Waals surface area contributed by atoms with Gasteiger partial charge in [-0.15, -0.1) is 0 Å². The van der Waals surface area contributed by atoms with E-state index in [0.717, 1.165) is 12.8 Å². The molecule has 0 amide bonds. The van der Waals surface area contributed by atoms with Gasteiger partial charge in [-0.3, -0.25) is 0 Å². The van der Waals surface area contributed by atoms with Crippen molar-refractivity contribution in [2.75, 3.05) is 13.2 Å². The van der Waals surface area contributed by atoms with Crippen LogP contribution in [0.5, 0.6) is 0 Å². The highest BCUT2D eigenvalue weighted by atomic mass is 16.5. The quantitative estimate of drug-likeness (QED) is 0.635. The highest BCUT2D eigenvalue weighted by Gasteiger charge is 2.49. The number of rotatable bonds is 1. The summed E-state index contributed by atoms with van der Waals surface area (Å²) in [4.78, 5) is 0. The Bertz CT molecular complexity index is 181. The van der Waals surface area contributed by atoms with Crippen LogP contribution in [-0.4, -0.2) is 29.5 Å². The predicted molar refractivity (Wildman–Crippen MR) is 50.4 cm³/mol. The number of ether oxygens (including phenoxy) is 1. The zero-order valence-corrected chi connectivity index (χ0v) is 8.09. The van der Waals surface area contributed by atoms with Gasteiger partial charge in [0, 0.05) is 31.6 Å². The summed E-state index contributed by atoms with van der Waals surface area (Å²) < 4.78 is 5.25. The molecule has 0 unspecified atom stereocenters. The molecule has 0 radical (unpaired) electrons. The monoisotopic (exact) mass is 185 g/mol. The Labute approximate surface area is 79.3 Å². The zero-order valence-electron chi connectivity index (χ0n) is 8.09. The maximum absolute atomic E-state index is 10.4. The lowest BCUT2D eigenvalue weighted by molar-refractivity contribution is -0.108. The summed E-state index contributed by atoms with van der Waals surface area (Å²) in [5, 5.41) is 10.4. The number of aliphatic hydroxyl groups is 1. The summed E-state index contributed by atoms with van der Waals surface area (Å²) >= 11 is 0. The second-order valence-corrected chi connectivity index (χ2v) is 4.51. The molecular formula is C10H19NO2. The van der Waals surface area contributed by atoms with Crippen LogP contribution in [-0.2, 0) is 4.74 Å². The van der Waals surface area contributed by atoms with Crippen LogP contribution in [0.25, 0.3) is 0 Å². The summed E-state index contributed by atoms with van der Waals surface area (Å²) in [5.41, 5.74) is 5.29. The maximum atomic E-state index is 10.4. The Kier molecular flexibility index (Phi) is 2.34. The van der Waals surface area contributed by atoms with Crippen molar-refractivity contribution in [3.8, 4) is 0 Å². The van der Waals surface area contributed by atoms with Gasteiger partial charge in [0.1, 0.15) is 0 Å². The minimum atomic E-state index is -0.651. The van der Waals surface area contributed by atoms with Gasteiger partial charge in [0.15, 0.2) is 0 Å². The maximum Gasteiger partial charge on any atom is 0.0870 e. The van der Waals surface area contributed by atoms with Crippen LogP contribution < -0.4 is 5.73 Å². The summed E-state index contributed by atoms with van der Waals surface area (Å²) in [6, 6.07) is 0. The first-order valence-corrected chi connectivity index (χ1v) is 5.25. The Hall–Kier alpha value is -0.120. The van der Waals surface area contributed by atoms with E-state index in [4.69, 9.17) is 10.5 Å². The van der Waals surface area contributed by atoms with Crippen molar-refractivity contribution in [1.82, 2.24) is 0 Å². The molecule has 1 saturated carbocycles. The van der Waals surface area contributed by atoms with Crippen molar-refractivity contribution in [2.24, 2.45) is 5.73 Å². The van der Waals surface area contributed by atoms with Crippen LogP contribution in [0.15, 0.2) is 0 Å². The standard InChI is InChI=1S/C10H19NO2/c11-9(3-1-2-4-9)10(12)5-7-13-8-6-10/h12H,1-8,11H2.